The van der Waals surface area contributed by atoms with Crippen LogP contribution in [0.2, 0.25) is 0 Å². The van der Waals surface area contributed by atoms with Crippen LogP contribution in [0.3, 0.4) is 0 Å². The standard InChI is InChI=1S/C14H15NO3S2/c1-10(16)13-4-3-9-15-14(13)19-11-5-7-12(8-6-11)20(2,17)18/h3-10,16H,1-2H3/t10-/m0/s1. The number of aromatic nitrogens is 1. The zero-order valence-electron chi connectivity index (χ0n) is 11.1. The van der Waals surface area contributed by atoms with E-state index in [0.29, 0.717) is 4.90 Å². The number of nitrogens with zero attached hydrogens (tertiary/aromatic N) is 1. The van der Waals surface area contributed by atoms with Crippen LogP contribution in [0.1, 0.15) is 18.6 Å². The highest BCUT2D eigenvalue weighted by Crippen LogP contribution is 2.31. The third-order valence-corrected chi connectivity index (χ3v) is 4.89. The molecular formula is C14H15NO3S2. The predicted molar refractivity (Wildman–Crippen MR) is 78.5 cm³/mol. The molecule has 1 aromatic carbocycles. The molecule has 0 radical (unpaired) electrons. The van der Waals surface area contributed by atoms with E-state index < -0.39 is 15.9 Å². The summed E-state index contributed by atoms with van der Waals surface area (Å²) in [6.07, 6.45) is 2.25. The molecule has 0 aliphatic heterocycles. The van der Waals surface area contributed by atoms with E-state index in [-0.39, 0.29) is 0 Å². The van der Waals surface area contributed by atoms with Crippen LogP contribution < -0.4 is 0 Å². The molecule has 6 heteroatoms. The van der Waals surface area contributed by atoms with Crippen molar-refractivity contribution in [2.75, 3.05) is 6.26 Å². The molecule has 0 saturated carbocycles. The van der Waals surface area contributed by atoms with Crippen molar-refractivity contribution >= 4 is 21.6 Å². The van der Waals surface area contributed by atoms with E-state index in [0.717, 1.165) is 15.5 Å². The molecule has 1 atom stereocenters. The quantitative estimate of drug-likeness (QED) is 0.940. The molecule has 0 saturated heterocycles. The van der Waals surface area contributed by atoms with Gasteiger partial charge in [-0.1, -0.05) is 17.8 Å². The number of hydrogen-bond donors (Lipinski definition) is 1. The van der Waals surface area contributed by atoms with Gasteiger partial charge in [0.1, 0.15) is 5.03 Å². The Balaban J connectivity index is 2.27. The monoisotopic (exact) mass is 309 g/mol. The van der Waals surface area contributed by atoms with Gasteiger partial charge in [0.2, 0.25) is 0 Å². The van der Waals surface area contributed by atoms with Crippen LogP contribution in [0.4, 0.5) is 0 Å². The van der Waals surface area contributed by atoms with Crippen LogP contribution in [0.15, 0.2) is 57.4 Å². The second-order valence-electron chi connectivity index (χ2n) is 4.42. The minimum atomic E-state index is -3.18. The Hall–Kier alpha value is -1.37. The Morgan fingerprint density at radius 2 is 1.85 bits per heavy atom. The summed E-state index contributed by atoms with van der Waals surface area (Å²) < 4.78 is 22.8. The van der Waals surface area contributed by atoms with Crippen LogP contribution >= 0.6 is 11.8 Å². The fourth-order valence-corrected chi connectivity index (χ4v) is 3.27. The summed E-state index contributed by atoms with van der Waals surface area (Å²) in [5, 5.41) is 10.4. The molecule has 0 spiro atoms. The first kappa shape index (κ1) is 15.0. The molecule has 1 heterocycles. The van der Waals surface area contributed by atoms with Gasteiger partial charge in [-0.15, -0.1) is 0 Å². The van der Waals surface area contributed by atoms with Crippen molar-refractivity contribution in [3.63, 3.8) is 0 Å². The molecule has 1 N–H and O–H groups in total. The number of pyridine rings is 1. The fourth-order valence-electron chi connectivity index (χ4n) is 1.67. The van der Waals surface area contributed by atoms with Gasteiger partial charge in [0.25, 0.3) is 0 Å². The lowest BCUT2D eigenvalue weighted by Crippen LogP contribution is -1.97. The van der Waals surface area contributed by atoms with E-state index in [4.69, 9.17) is 0 Å². The maximum absolute atomic E-state index is 11.4. The summed E-state index contributed by atoms with van der Waals surface area (Å²) in [6.45, 7) is 1.69. The normalized spacial score (nSPS) is 13.2. The molecule has 2 rings (SSSR count). The number of rotatable bonds is 4. The summed E-state index contributed by atoms with van der Waals surface area (Å²) in [5.74, 6) is 0. The van der Waals surface area contributed by atoms with E-state index in [9.17, 15) is 13.5 Å². The van der Waals surface area contributed by atoms with Crippen molar-refractivity contribution in [3.05, 3.63) is 48.2 Å². The van der Waals surface area contributed by atoms with Gasteiger partial charge in [-0.05, 0) is 37.3 Å². The molecule has 0 aliphatic carbocycles. The first-order chi connectivity index (χ1) is 9.38. The van der Waals surface area contributed by atoms with Gasteiger partial charge in [0.15, 0.2) is 9.84 Å². The highest BCUT2D eigenvalue weighted by atomic mass is 32.2. The van der Waals surface area contributed by atoms with Crippen LogP contribution in [-0.2, 0) is 9.84 Å². The fraction of sp³-hybridized carbons (Fsp3) is 0.214. The van der Waals surface area contributed by atoms with Crippen molar-refractivity contribution in [2.24, 2.45) is 0 Å². The Morgan fingerprint density at radius 1 is 1.20 bits per heavy atom. The third kappa shape index (κ3) is 3.59. The van der Waals surface area contributed by atoms with Crippen LogP contribution in [0.25, 0.3) is 0 Å². The number of benzene rings is 1. The third-order valence-electron chi connectivity index (χ3n) is 2.72. The Kier molecular flexibility index (Phi) is 4.47. The maximum Gasteiger partial charge on any atom is 0.175 e. The van der Waals surface area contributed by atoms with E-state index in [1.165, 1.54) is 18.0 Å². The second-order valence-corrected chi connectivity index (χ2v) is 7.50. The molecule has 1 aromatic heterocycles. The van der Waals surface area contributed by atoms with Gasteiger partial charge in [0, 0.05) is 22.9 Å². The van der Waals surface area contributed by atoms with Gasteiger partial charge in [-0.3, -0.25) is 0 Å². The molecule has 0 aliphatic rings. The van der Waals surface area contributed by atoms with Crippen LogP contribution in [-0.4, -0.2) is 24.8 Å². The van der Waals surface area contributed by atoms with Gasteiger partial charge < -0.3 is 5.11 Å². The molecule has 0 fully saturated rings. The highest BCUT2D eigenvalue weighted by molar-refractivity contribution is 7.99. The number of aliphatic hydroxyl groups excluding tert-OH is 1. The van der Waals surface area contributed by atoms with Crippen molar-refractivity contribution in [1.29, 1.82) is 0 Å². The lowest BCUT2D eigenvalue weighted by molar-refractivity contribution is 0.195. The van der Waals surface area contributed by atoms with Crippen LogP contribution in [0.5, 0.6) is 0 Å². The SMILES string of the molecule is C[C@H](O)c1cccnc1Sc1ccc(S(C)(=O)=O)cc1. The van der Waals surface area contributed by atoms with E-state index >= 15 is 0 Å². The summed E-state index contributed by atoms with van der Waals surface area (Å²) in [6, 6.07) is 10.2. The predicted octanol–water partition coefficient (Wildman–Crippen LogP) is 2.69. The minimum Gasteiger partial charge on any atom is -0.389 e. The van der Waals surface area contributed by atoms with Gasteiger partial charge >= 0.3 is 0 Å². The molecule has 4 nitrogen and oxygen atoms in total. The largest absolute Gasteiger partial charge is 0.389 e. The Labute approximate surface area is 122 Å². The molecular weight excluding hydrogens is 294 g/mol. The van der Waals surface area contributed by atoms with E-state index in [2.05, 4.69) is 4.98 Å². The molecule has 20 heavy (non-hydrogen) atoms. The van der Waals surface area contributed by atoms with Crippen molar-refractivity contribution in [2.45, 2.75) is 27.8 Å². The van der Waals surface area contributed by atoms with E-state index in [1.807, 2.05) is 6.07 Å². The molecule has 0 unspecified atom stereocenters. The van der Waals surface area contributed by atoms with Crippen LogP contribution in [0, 0.1) is 0 Å². The average Bonchev–Trinajstić information content (AvgIpc) is 2.38. The second kappa shape index (κ2) is 5.95. The molecule has 0 bridgehead atoms. The first-order valence-corrected chi connectivity index (χ1v) is 8.69. The zero-order chi connectivity index (χ0) is 14.8. The smallest absolute Gasteiger partial charge is 0.175 e. The van der Waals surface area contributed by atoms with Crippen molar-refractivity contribution < 1.29 is 13.5 Å². The number of aliphatic hydroxyl groups is 1. The van der Waals surface area contributed by atoms with Gasteiger partial charge in [-0.2, -0.15) is 0 Å². The minimum absolute atomic E-state index is 0.290. The molecule has 106 valence electrons. The van der Waals surface area contributed by atoms with Gasteiger partial charge in [-0.25, -0.2) is 13.4 Å². The Morgan fingerprint density at radius 3 is 2.40 bits per heavy atom. The molecule has 2 aromatic rings. The zero-order valence-corrected chi connectivity index (χ0v) is 12.8. The topological polar surface area (TPSA) is 67.3 Å². The van der Waals surface area contributed by atoms with E-state index in [1.54, 1.807) is 43.5 Å². The summed E-state index contributed by atoms with van der Waals surface area (Å²) >= 11 is 1.40. The van der Waals surface area contributed by atoms with Gasteiger partial charge in [0.05, 0.1) is 11.0 Å². The maximum atomic E-state index is 11.4. The summed E-state index contributed by atoms with van der Waals surface area (Å²) in [4.78, 5) is 5.41. The average molecular weight is 309 g/mol. The highest BCUT2D eigenvalue weighted by Gasteiger charge is 2.11. The lowest BCUT2D eigenvalue weighted by atomic mass is 10.2. The summed E-state index contributed by atoms with van der Waals surface area (Å²) in [7, 11) is -3.18. The molecule has 0 amide bonds. The lowest BCUT2D eigenvalue weighted by Gasteiger charge is -2.10. The summed E-state index contributed by atoms with van der Waals surface area (Å²) in [5.41, 5.74) is 0.754. The van der Waals surface area contributed by atoms with Crippen molar-refractivity contribution in [3.8, 4) is 0 Å². The number of sulfone groups is 1. The first-order valence-electron chi connectivity index (χ1n) is 5.99. The Bertz CT molecular complexity index is 695. The van der Waals surface area contributed by atoms with Crippen molar-refractivity contribution in [1.82, 2.24) is 4.98 Å². The number of hydrogen-bond acceptors (Lipinski definition) is 5.